The molecule has 0 aromatic carbocycles. The number of nitrogens with zero attached hydrogens (tertiary/aromatic N) is 3. The van der Waals surface area contributed by atoms with Crippen molar-refractivity contribution in [2.24, 2.45) is 5.41 Å². The van der Waals surface area contributed by atoms with E-state index in [1.807, 2.05) is 6.92 Å². The summed E-state index contributed by atoms with van der Waals surface area (Å²) in [4.78, 5) is 21.1. The van der Waals surface area contributed by atoms with Crippen molar-refractivity contribution in [3.05, 3.63) is 58.2 Å². The molecule has 0 saturated carbocycles. The van der Waals surface area contributed by atoms with E-state index >= 15 is 0 Å². The van der Waals surface area contributed by atoms with Crippen LogP contribution >= 0.6 is 0 Å². The minimum Gasteiger partial charge on any atom is -0.294 e. The van der Waals surface area contributed by atoms with Crippen molar-refractivity contribution in [2.75, 3.05) is 0 Å². The molecular weight excluding hydrogens is 298 g/mol. The molecule has 0 N–H and O–H groups in total. The minimum absolute atomic E-state index is 0.0442. The number of ketones is 1. The van der Waals surface area contributed by atoms with Gasteiger partial charge in [-0.15, -0.1) is 0 Å². The van der Waals surface area contributed by atoms with Gasteiger partial charge in [0.25, 0.3) is 0 Å². The molecule has 0 aliphatic heterocycles. The minimum atomic E-state index is -0.0442. The molecule has 0 saturated heterocycles. The Kier molecular flexibility index (Phi) is 3.91. The number of hydrogen-bond donors (Lipinski definition) is 0. The zero-order valence-corrected chi connectivity index (χ0v) is 14.0. The Labute approximate surface area is 141 Å². The molecular formula is C20H17N3O. The molecule has 0 radical (unpaired) electrons. The molecule has 0 fully saturated rings. The molecule has 0 bridgehead atoms. The molecule has 118 valence electrons. The number of fused-ring (bicyclic) bond motifs is 1. The third-order valence-electron chi connectivity index (χ3n) is 4.04. The quantitative estimate of drug-likeness (QED) is 0.700. The van der Waals surface area contributed by atoms with E-state index in [0.717, 1.165) is 17.8 Å². The zero-order valence-electron chi connectivity index (χ0n) is 14.0. The summed E-state index contributed by atoms with van der Waals surface area (Å²) >= 11 is 0. The highest BCUT2D eigenvalue weighted by Crippen LogP contribution is 2.33. The monoisotopic (exact) mass is 315 g/mol. The first-order valence-corrected chi connectivity index (χ1v) is 7.80. The van der Waals surface area contributed by atoms with Crippen LogP contribution in [0.4, 0.5) is 0 Å². The Morgan fingerprint density at radius 1 is 1.21 bits per heavy atom. The fourth-order valence-electron chi connectivity index (χ4n) is 2.86. The highest BCUT2D eigenvalue weighted by Gasteiger charge is 2.31. The number of aryl methyl sites for hydroxylation is 1. The molecule has 1 aliphatic carbocycles. The molecule has 24 heavy (non-hydrogen) atoms. The van der Waals surface area contributed by atoms with Gasteiger partial charge in [-0.3, -0.25) is 9.78 Å². The standard InChI is InChI=1S/C20H17N3O/c1-13-4-6-15(11-21)17(23-13)7-5-14-8-16-18(22-12-14)9-20(2,3)10-19(16)24/h4,6,8,12H,9-10H2,1-3H3. The summed E-state index contributed by atoms with van der Waals surface area (Å²) < 4.78 is 0. The van der Waals surface area contributed by atoms with Crippen LogP contribution in [0, 0.1) is 35.5 Å². The highest BCUT2D eigenvalue weighted by atomic mass is 16.1. The lowest BCUT2D eigenvalue weighted by atomic mass is 9.75. The lowest BCUT2D eigenvalue weighted by Gasteiger charge is -2.29. The number of hydrogen-bond acceptors (Lipinski definition) is 4. The molecule has 2 aromatic heterocycles. The summed E-state index contributed by atoms with van der Waals surface area (Å²) in [6.07, 6.45) is 3.00. The Morgan fingerprint density at radius 2 is 2.00 bits per heavy atom. The second-order valence-electron chi connectivity index (χ2n) is 6.87. The van der Waals surface area contributed by atoms with Crippen molar-refractivity contribution in [2.45, 2.75) is 33.6 Å². The predicted molar refractivity (Wildman–Crippen MR) is 90.3 cm³/mol. The first kappa shape index (κ1) is 15.9. The Bertz CT molecular complexity index is 940. The molecule has 3 rings (SSSR count). The van der Waals surface area contributed by atoms with Crippen molar-refractivity contribution in [1.82, 2.24) is 9.97 Å². The van der Waals surface area contributed by atoms with Gasteiger partial charge in [0.2, 0.25) is 0 Å². The van der Waals surface area contributed by atoms with Gasteiger partial charge in [-0.1, -0.05) is 19.8 Å². The fraction of sp³-hybridized carbons (Fsp3) is 0.300. The number of aromatic nitrogens is 2. The van der Waals surface area contributed by atoms with E-state index in [-0.39, 0.29) is 11.2 Å². The normalized spacial score (nSPS) is 15.0. The molecule has 2 aromatic rings. The SMILES string of the molecule is Cc1ccc(C#N)c(C#Cc2cnc3c(c2)C(=O)CC(C)(C)C3)n1. The summed E-state index contributed by atoms with van der Waals surface area (Å²) in [6.45, 7) is 6.01. The molecule has 4 nitrogen and oxygen atoms in total. The predicted octanol–water partition coefficient (Wildman–Crippen LogP) is 3.21. The van der Waals surface area contributed by atoms with Gasteiger partial charge in [-0.25, -0.2) is 4.98 Å². The third-order valence-corrected chi connectivity index (χ3v) is 4.04. The summed E-state index contributed by atoms with van der Waals surface area (Å²) in [7, 11) is 0. The number of nitriles is 1. The van der Waals surface area contributed by atoms with Crippen LogP contribution in [0.15, 0.2) is 24.4 Å². The summed E-state index contributed by atoms with van der Waals surface area (Å²) in [5.74, 6) is 6.01. The van der Waals surface area contributed by atoms with Gasteiger partial charge in [0.05, 0.1) is 11.3 Å². The van der Waals surface area contributed by atoms with Crippen LogP contribution in [0.5, 0.6) is 0 Å². The average Bonchev–Trinajstić information content (AvgIpc) is 2.52. The van der Waals surface area contributed by atoms with Crippen LogP contribution in [0.25, 0.3) is 0 Å². The van der Waals surface area contributed by atoms with Crippen LogP contribution in [-0.2, 0) is 6.42 Å². The highest BCUT2D eigenvalue weighted by molar-refractivity contribution is 5.98. The first-order valence-electron chi connectivity index (χ1n) is 7.80. The van der Waals surface area contributed by atoms with Crippen molar-refractivity contribution >= 4 is 5.78 Å². The smallest absolute Gasteiger partial charge is 0.165 e. The number of carbonyl (C=O) groups is 1. The fourth-order valence-corrected chi connectivity index (χ4v) is 2.86. The molecule has 0 atom stereocenters. The van der Waals surface area contributed by atoms with Crippen LogP contribution in [-0.4, -0.2) is 15.8 Å². The molecule has 0 spiro atoms. The van der Waals surface area contributed by atoms with Crippen molar-refractivity contribution in [3.8, 4) is 17.9 Å². The van der Waals surface area contributed by atoms with Gasteiger partial charge in [-0.2, -0.15) is 5.26 Å². The van der Waals surface area contributed by atoms with Crippen LogP contribution in [0.1, 0.15) is 58.8 Å². The molecule has 0 unspecified atom stereocenters. The maximum absolute atomic E-state index is 12.3. The summed E-state index contributed by atoms with van der Waals surface area (Å²) in [5, 5.41) is 9.13. The van der Waals surface area contributed by atoms with E-state index in [0.29, 0.717) is 28.8 Å². The van der Waals surface area contributed by atoms with Crippen molar-refractivity contribution in [3.63, 3.8) is 0 Å². The molecule has 2 heterocycles. The maximum atomic E-state index is 12.3. The second-order valence-corrected chi connectivity index (χ2v) is 6.87. The van der Waals surface area contributed by atoms with Crippen LogP contribution in [0.2, 0.25) is 0 Å². The number of Topliss-reactive ketones (excluding diaryl/α,β-unsaturated/α-hetero) is 1. The van der Waals surface area contributed by atoms with E-state index in [9.17, 15) is 4.79 Å². The van der Waals surface area contributed by atoms with Gasteiger partial charge in [-0.05, 0) is 42.9 Å². The topological polar surface area (TPSA) is 66.6 Å². The largest absolute Gasteiger partial charge is 0.294 e. The average molecular weight is 315 g/mol. The Balaban J connectivity index is 1.98. The van der Waals surface area contributed by atoms with Gasteiger partial charge in [0.15, 0.2) is 5.78 Å². The van der Waals surface area contributed by atoms with Crippen molar-refractivity contribution in [1.29, 1.82) is 5.26 Å². The lowest BCUT2D eigenvalue weighted by Crippen LogP contribution is -2.27. The van der Waals surface area contributed by atoms with E-state index in [4.69, 9.17) is 5.26 Å². The van der Waals surface area contributed by atoms with Crippen molar-refractivity contribution < 1.29 is 4.79 Å². The van der Waals surface area contributed by atoms with Crippen LogP contribution in [0.3, 0.4) is 0 Å². The van der Waals surface area contributed by atoms with E-state index in [2.05, 4.69) is 41.7 Å². The molecule has 0 amide bonds. The van der Waals surface area contributed by atoms with Crippen LogP contribution < -0.4 is 0 Å². The maximum Gasteiger partial charge on any atom is 0.165 e. The Morgan fingerprint density at radius 3 is 2.75 bits per heavy atom. The number of carbonyl (C=O) groups excluding carboxylic acids is 1. The van der Waals surface area contributed by atoms with Gasteiger partial charge in [0, 0.05) is 29.4 Å². The van der Waals surface area contributed by atoms with E-state index in [1.165, 1.54) is 0 Å². The summed E-state index contributed by atoms with van der Waals surface area (Å²) in [5.41, 5.74) is 3.82. The van der Waals surface area contributed by atoms with Gasteiger partial charge >= 0.3 is 0 Å². The molecule has 1 aliphatic rings. The lowest BCUT2D eigenvalue weighted by molar-refractivity contribution is 0.0910. The van der Waals surface area contributed by atoms with Gasteiger partial charge in [0.1, 0.15) is 11.8 Å². The first-order chi connectivity index (χ1) is 11.4. The van der Waals surface area contributed by atoms with Gasteiger partial charge < -0.3 is 0 Å². The van der Waals surface area contributed by atoms with E-state index in [1.54, 1.807) is 24.4 Å². The number of pyridine rings is 2. The van der Waals surface area contributed by atoms with E-state index < -0.39 is 0 Å². The molecule has 4 heteroatoms. The zero-order chi connectivity index (χ0) is 17.3. The Hall–Kier alpha value is -2.98. The second kappa shape index (κ2) is 5.91. The summed E-state index contributed by atoms with van der Waals surface area (Å²) in [6, 6.07) is 7.38. The third kappa shape index (κ3) is 3.19. The number of rotatable bonds is 0.